The first-order valence-corrected chi connectivity index (χ1v) is 11.3. The van der Waals surface area contributed by atoms with E-state index in [9.17, 15) is 14.0 Å². The summed E-state index contributed by atoms with van der Waals surface area (Å²) < 4.78 is 19.8. The van der Waals surface area contributed by atoms with Gasteiger partial charge in [0.15, 0.2) is 11.6 Å². The molecule has 34 heavy (non-hydrogen) atoms. The topological polar surface area (TPSA) is 71.5 Å². The second-order valence-electron chi connectivity index (χ2n) is 8.09. The molecule has 0 radical (unpaired) electrons. The summed E-state index contributed by atoms with van der Waals surface area (Å²) in [5.74, 6) is -0.310. The van der Waals surface area contributed by atoms with Crippen molar-refractivity contribution < 1.29 is 18.7 Å². The first-order chi connectivity index (χ1) is 16.6. The maximum absolute atomic E-state index is 14.4. The van der Waals surface area contributed by atoms with Gasteiger partial charge in [-0.3, -0.25) is 14.6 Å². The molecule has 1 fully saturated rings. The van der Waals surface area contributed by atoms with Gasteiger partial charge >= 0.3 is 0 Å². The standard InChI is InChI=1S/C27H26FN3O3/c28-24-17-20(9-11-25(24)34-23-8-5-13-29-19-23)10-12-26(32)30-18-21-6-4-7-22(16-21)27(33)31-14-2-1-3-15-31/h4-13,16-17,19H,1-3,14-15,18H2,(H,30,32)/b12-10+. The second kappa shape index (κ2) is 11.2. The number of aromatic nitrogens is 1. The minimum atomic E-state index is -0.540. The van der Waals surface area contributed by atoms with Crippen molar-refractivity contribution in [1.82, 2.24) is 15.2 Å². The van der Waals surface area contributed by atoms with Crippen LogP contribution in [0.5, 0.6) is 11.5 Å². The zero-order valence-corrected chi connectivity index (χ0v) is 18.7. The molecule has 2 aromatic carbocycles. The van der Waals surface area contributed by atoms with Crippen LogP contribution in [0, 0.1) is 5.82 Å². The zero-order chi connectivity index (χ0) is 23.8. The molecule has 0 spiro atoms. The summed E-state index contributed by atoms with van der Waals surface area (Å²) in [4.78, 5) is 30.8. The number of rotatable bonds is 7. The summed E-state index contributed by atoms with van der Waals surface area (Å²) in [5, 5.41) is 2.80. The van der Waals surface area contributed by atoms with Gasteiger partial charge in [0.25, 0.3) is 5.91 Å². The zero-order valence-electron chi connectivity index (χ0n) is 18.7. The number of benzene rings is 2. The summed E-state index contributed by atoms with van der Waals surface area (Å²) in [6.07, 6.45) is 9.22. The van der Waals surface area contributed by atoms with Gasteiger partial charge in [-0.25, -0.2) is 4.39 Å². The van der Waals surface area contributed by atoms with Gasteiger partial charge in [0.2, 0.25) is 5.91 Å². The molecule has 0 atom stereocenters. The minimum Gasteiger partial charge on any atom is -0.453 e. The minimum absolute atomic E-state index is 0.0331. The van der Waals surface area contributed by atoms with E-state index in [0.29, 0.717) is 16.9 Å². The summed E-state index contributed by atoms with van der Waals surface area (Å²) in [6, 6.07) is 15.2. The normalized spacial score (nSPS) is 13.6. The molecule has 0 unspecified atom stereocenters. The van der Waals surface area contributed by atoms with Gasteiger partial charge in [-0.1, -0.05) is 18.2 Å². The summed E-state index contributed by atoms with van der Waals surface area (Å²) in [6.45, 7) is 1.88. The van der Waals surface area contributed by atoms with Crippen molar-refractivity contribution in [3.63, 3.8) is 0 Å². The molecule has 4 rings (SSSR count). The molecule has 2 heterocycles. The SMILES string of the molecule is O=C(/C=C/c1ccc(Oc2cccnc2)c(F)c1)NCc1cccc(C(=O)N2CCCCC2)c1. The van der Waals surface area contributed by atoms with Crippen molar-refractivity contribution in [1.29, 1.82) is 0 Å². The third kappa shape index (κ3) is 6.28. The molecular formula is C27H26FN3O3. The third-order valence-electron chi connectivity index (χ3n) is 5.53. The summed E-state index contributed by atoms with van der Waals surface area (Å²) in [5.41, 5.74) is 2.00. The van der Waals surface area contributed by atoms with E-state index in [1.807, 2.05) is 23.1 Å². The number of ether oxygens (including phenoxy) is 1. The molecule has 1 saturated heterocycles. The lowest BCUT2D eigenvalue weighted by atomic mass is 10.1. The Morgan fingerprint density at radius 3 is 2.68 bits per heavy atom. The fourth-order valence-corrected chi connectivity index (χ4v) is 3.75. The van der Waals surface area contributed by atoms with Crippen LogP contribution in [0.3, 0.4) is 0 Å². The van der Waals surface area contributed by atoms with E-state index in [0.717, 1.165) is 31.5 Å². The smallest absolute Gasteiger partial charge is 0.253 e. The number of carbonyl (C=O) groups excluding carboxylic acids is 2. The Labute approximate surface area is 198 Å². The van der Waals surface area contributed by atoms with Gasteiger partial charge in [-0.2, -0.15) is 0 Å². The number of piperidine rings is 1. The van der Waals surface area contributed by atoms with Crippen molar-refractivity contribution >= 4 is 17.9 Å². The van der Waals surface area contributed by atoms with E-state index in [2.05, 4.69) is 10.3 Å². The monoisotopic (exact) mass is 459 g/mol. The fraction of sp³-hybridized carbons (Fsp3) is 0.222. The van der Waals surface area contributed by atoms with Crippen molar-refractivity contribution in [3.8, 4) is 11.5 Å². The molecule has 3 aromatic rings. The van der Waals surface area contributed by atoms with Gasteiger partial charge in [0, 0.05) is 37.5 Å². The maximum Gasteiger partial charge on any atom is 0.253 e. The van der Waals surface area contributed by atoms with E-state index < -0.39 is 5.82 Å². The summed E-state index contributed by atoms with van der Waals surface area (Å²) >= 11 is 0. The molecule has 0 bridgehead atoms. The van der Waals surface area contributed by atoms with Crippen molar-refractivity contribution in [2.45, 2.75) is 25.8 Å². The maximum atomic E-state index is 14.4. The fourth-order valence-electron chi connectivity index (χ4n) is 3.75. The average molecular weight is 460 g/mol. The Balaban J connectivity index is 1.31. The molecule has 1 aliphatic heterocycles. The van der Waals surface area contributed by atoms with Crippen LogP contribution in [0.2, 0.25) is 0 Å². The number of nitrogens with one attached hydrogen (secondary N) is 1. The molecule has 2 amide bonds. The Morgan fingerprint density at radius 2 is 1.91 bits per heavy atom. The van der Waals surface area contributed by atoms with Gasteiger partial charge in [-0.05, 0) is 72.9 Å². The molecule has 0 aliphatic carbocycles. The first kappa shape index (κ1) is 23.2. The molecular weight excluding hydrogens is 433 g/mol. The highest BCUT2D eigenvalue weighted by Crippen LogP contribution is 2.24. The number of likely N-dealkylation sites (tertiary alicyclic amines) is 1. The lowest BCUT2D eigenvalue weighted by molar-refractivity contribution is -0.116. The van der Waals surface area contributed by atoms with Crippen LogP contribution in [-0.4, -0.2) is 34.8 Å². The number of pyridine rings is 1. The Morgan fingerprint density at radius 1 is 1.06 bits per heavy atom. The number of hydrogen-bond donors (Lipinski definition) is 1. The van der Waals surface area contributed by atoms with E-state index in [4.69, 9.17) is 4.74 Å². The predicted molar refractivity (Wildman–Crippen MR) is 128 cm³/mol. The lowest BCUT2D eigenvalue weighted by Crippen LogP contribution is -2.35. The third-order valence-corrected chi connectivity index (χ3v) is 5.53. The molecule has 1 N–H and O–H groups in total. The van der Waals surface area contributed by atoms with Gasteiger partial charge in [-0.15, -0.1) is 0 Å². The predicted octanol–water partition coefficient (Wildman–Crippen LogP) is 4.97. The summed E-state index contributed by atoms with van der Waals surface area (Å²) in [7, 11) is 0. The first-order valence-electron chi connectivity index (χ1n) is 11.3. The van der Waals surface area contributed by atoms with Crippen LogP contribution < -0.4 is 10.1 Å². The number of halogens is 1. The van der Waals surface area contributed by atoms with Crippen molar-refractivity contribution in [2.24, 2.45) is 0 Å². The van der Waals surface area contributed by atoms with E-state index in [1.54, 1.807) is 30.5 Å². The van der Waals surface area contributed by atoms with Crippen LogP contribution in [0.25, 0.3) is 6.08 Å². The average Bonchev–Trinajstić information content (AvgIpc) is 2.88. The molecule has 0 saturated carbocycles. The Kier molecular flexibility index (Phi) is 7.65. The molecule has 1 aliphatic rings. The van der Waals surface area contributed by atoms with Crippen LogP contribution in [0.4, 0.5) is 4.39 Å². The van der Waals surface area contributed by atoms with Gasteiger partial charge in [0.05, 0.1) is 6.20 Å². The van der Waals surface area contributed by atoms with Gasteiger partial charge < -0.3 is 15.0 Å². The van der Waals surface area contributed by atoms with Crippen LogP contribution >= 0.6 is 0 Å². The van der Waals surface area contributed by atoms with E-state index in [1.165, 1.54) is 36.9 Å². The van der Waals surface area contributed by atoms with Crippen LogP contribution in [0.1, 0.15) is 40.7 Å². The Hall–Kier alpha value is -4.00. The molecule has 1 aromatic heterocycles. The quantitative estimate of drug-likeness (QED) is 0.507. The largest absolute Gasteiger partial charge is 0.453 e. The highest BCUT2D eigenvalue weighted by atomic mass is 19.1. The van der Waals surface area contributed by atoms with Gasteiger partial charge in [0.1, 0.15) is 5.75 Å². The van der Waals surface area contributed by atoms with Crippen molar-refractivity contribution in [3.05, 3.63) is 95.6 Å². The second-order valence-corrected chi connectivity index (χ2v) is 8.09. The Bertz CT molecular complexity index is 1170. The number of amides is 2. The van der Waals surface area contributed by atoms with Crippen LogP contribution in [0.15, 0.2) is 73.1 Å². The molecule has 174 valence electrons. The molecule has 6 nitrogen and oxygen atoms in total. The lowest BCUT2D eigenvalue weighted by Gasteiger charge is -2.26. The van der Waals surface area contributed by atoms with Crippen molar-refractivity contribution in [2.75, 3.05) is 13.1 Å². The number of nitrogens with zero attached hydrogens (tertiary/aromatic N) is 2. The molecule has 7 heteroatoms. The van der Waals surface area contributed by atoms with Crippen LogP contribution in [-0.2, 0) is 11.3 Å². The number of carbonyl (C=O) groups is 2. The van der Waals surface area contributed by atoms with E-state index in [-0.39, 0.29) is 24.1 Å². The number of hydrogen-bond acceptors (Lipinski definition) is 4. The van der Waals surface area contributed by atoms with E-state index >= 15 is 0 Å². The highest BCUT2D eigenvalue weighted by Gasteiger charge is 2.18. The highest BCUT2D eigenvalue weighted by molar-refractivity contribution is 5.94.